The van der Waals surface area contributed by atoms with Gasteiger partial charge in [-0.1, -0.05) is 62.9 Å². The van der Waals surface area contributed by atoms with Crippen LogP contribution in [0.4, 0.5) is 0 Å². The summed E-state index contributed by atoms with van der Waals surface area (Å²) in [6.07, 6.45) is 1.42. The summed E-state index contributed by atoms with van der Waals surface area (Å²) < 4.78 is 51.6. The third-order valence-electron chi connectivity index (χ3n) is 3.48. The predicted octanol–water partition coefficient (Wildman–Crippen LogP) is 3.99. The van der Waals surface area contributed by atoms with Crippen molar-refractivity contribution in [3.63, 3.8) is 0 Å². The first-order valence-corrected chi connectivity index (χ1v) is 10.7. The topological polar surface area (TPSA) is 68.3 Å². The van der Waals surface area contributed by atoms with Crippen molar-refractivity contribution in [2.45, 2.75) is 23.6 Å². The van der Waals surface area contributed by atoms with Crippen LogP contribution >= 0.6 is 0 Å². The Labute approximate surface area is 149 Å². The molecule has 0 bridgehead atoms. The lowest BCUT2D eigenvalue weighted by Crippen LogP contribution is -2.14. The Hall–Kier alpha value is -2.18. The molecule has 0 amide bonds. The number of benzene rings is 2. The Balaban J connectivity index is 2.63. The molecule has 0 aliphatic heterocycles. The smallest absolute Gasteiger partial charge is 0.207 e. The van der Waals surface area contributed by atoms with E-state index in [2.05, 4.69) is 6.58 Å². The first-order valence-electron chi connectivity index (χ1n) is 7.68. The Morgan fingerprint density at radius 1 is 0.800 bits per heavy atom. The van der Waals surface area contributed by atoms with Gasteiger partial charge in [-0.15, -0.1) is 0 Å². The summed E-state index contributed by atoms with van der Waals surface area (Å²) >= 11 is 0. The summed E-state index contributed by atoms with van der Waals surface area (Å²) in [4.78, 5) is -0.655. The van der Waals surface area contributed by atoms with Crippen LogP contribution in [0.2, 0.25) is 0 Å². The lowest BCUT2D eigenvalue weighted by molar-refractivity contribution is 0.596. The molecule has 0 unspecified atom stereocenters. The molecule has 132 valence electrons. The predicted molar refractivity (Wildman–Crippen MR) is 99.3 cm³/mol. The van der Waals surface area contributed by atoms with E-state index in [9.17, 15) is 16.8 Å². The molecule has 25 heavy (non-hydrogen) atoms. The number of sulfone groups is 2. The second kappa shape index (κ2) is 7.37. The molecule has 0 aliphatic carbocycles. The highest BCUT2D eigenvalue weighted by atomic mass is 32.2. The van der Waals surface area contributed by atoms with Gasteiger partial charge >= 0.3 is 0 Å². The van der Waals surface area contributed by atoms with Crippen LogP contribution in [-0.4, -0.2) is 16.8 Å². The SMILES string of the molecule is C=C(/C(=C\C(C)C)S(=O)(=O)c1ccccc1)S(=O)(=O)c1ccccc1. The highest BCUT2D eigenvalue weighted by Gasteiger charge is 2.31. The van der Waals surface area contributed by atoms with E-state index in [0.29, 0.717) is 0 Å². The maximum absolute atomic E-state index is 13.0. The Kier molecular flexibility index (Phi) is 5.65. The molecule has 0 fully saturated rings. The minimum atomic E-state index is -4.02. The van der Waals surface area contributed by atoms with Crippen molar-refractivity contribution >= 4 is 19.7 Å². The van der Waals surface area contributed by atoms with Crippen LogP contribution in [0.25, 0.3) is 0 Å². The van der Waals surface area contributed by atoms with Gasteiger partial charge in [0.2, 0.25) is 19.7 Å². The second-order valence-electron chi connectivity index (χ2n) is 5.83. The summed E-state index contributed by atoms with van der Waals surface area (Å²) in [5, 5.41) is 0. The van der Waals surface area contributed by atoms with Gasteiger partial charge in [-0.25, -0.2) is 16.8 Å². The molecule has 0 saturated carbocycles. The van der Waals surface area contributed by atoms with Gasteiger partial charge < -0.3 is 0 Å². The summed E-state index contributed by atoms with van der Waals surface area (Å²) in [6, 6.07) is 15.4. The Morgan fingerprint density at radius 2 is 1.20 bits per heavy atom. The van der Waals surface area contributed by atoms with Crippen molar-refractivity contribution in [3.8, 4) is 0 Å². The van der Waals surface area contributed by atoms with Crippen LogP contribution in [0.15, 0.2) is 92.9 Å². The van der Waals surface area contributed by atoms with Crippen molar-refractivity contribution < 1.29 is 16.8 Å². The zero-order valence-corrected chi connectivity index (χ0v) is 15.7. The summed E-state index contributed by atoms with van der Waals surface area (Å²) in [5.41, 5.74) is 0. The van der Waals surface area contributed by atoms with Crippen LogP contribution in [0.1, 0.15) is 13.8 Å². The van der Waals surface area contributed by atoms with Crippen LogP contribution in [0.3, 0.4) is 0 Å². The van der Waals surface area contributed by atoms with E-state index in [1.165, 1.54) is 30.3 Å². The van der Waals surface area contributed by atoms with Crippen molar-refractivity contribution in [2.75, 3.05) is 0 Å². The molecule has 2 aromatic rings. The van der Waals surface area contributed by atoms with Crippen molar-refractivity contribution in [2.24, 2.45) is 5.92 Å². The minimum absolute atomic E-state index is 0.0120. The summed E-state index contributed by atoms with van der Waals surface area (Å²) in [7, 11) is -8.02. The van der Waals surface area contributed by atoms with Gasteiger partial charge in [-0.05, 0) is 30.2 Å². The molecule has 6 heteroatoms. The van der Waals surface area contributed by atoms with Crippen LogP contribution in [-0.2, 0) is 19.7 Å². The normalized spacial score (nSPS) is 13.0. The standard InChI is InChI=1S/C19H20O4S2/c1-15(2)14-19(25(22,23)18-12-8-5-9-13-18)16(3)24(20,21)17-10-6-4-7-11-17/h4-15H,3H2,1-2H3/b19-14+. The zero-order valence-electron chi connectivity index (χ0n) is 14.1. The quantitative estimate of drug-likeness (QED) is 0.715. The average molecular weight is 376 g/mol. The van der Waals surface area contributed by atoms with E-state index < -0.39 is 24.6 Å². The van der Waals surface area contributed by atoms with E-state index in [0.717, 1.165) is 0 Å². The number of allylic oxidation sites excluding steroid dienone is 1. The maximum Gasteiger partial charge on any atom is 0.207 e. The molecule has 2 aromatic carbocycles. The zero-order chi connectivity index (χ0) is 18.7. The van der Waals surface area contributed by atoms with Gasteiger partial charge in [0.15, 0.2) is 0 Å². The highest BCUT2D eigenvalue weighted by Crippen LogP contribution is 2.31. The molecule has 0 heterocycles. The second-order valence-corrected chi connectivity index (χ2v) is 9.72. The van der Waals surface area contributed by atoms with Crippen LogP contribution in [0, 0.1) is 5.92 Å². The molecule has 0 saturated heterocycles. The molecular weight excluding hydrogens is 356 g/mol. The maximum atomic E-state index is 13.0. The van der Waals surface area contributed by atoms with Crippen LogP contribution in [0.5, 0.6) is 0 Å². The third kappa shape index (κ3) is 4.08. The molecule has 0 atom stereocenters. The van der Waals surface area contributed by atoms with E-state index in [1.54, 1.807) is 50.2 Å². The summed E-state index contributed by atoms with van der Waals surface area (Å²) in [5.74, 6) is -0.170. The molecule has 0 spiro atoms. The van der Waals surface area contributed by atoms with Gasteiger partial charge in [0, 0.05) is 0 Å². The minimum Gasteiger partial charge on any atom is -0.218 e. The van der Waals surface area contributed by atoms with Gasteiger partial charge in [-0.3, -0.25) is 0 Å². The Bertz CT molecular complexity index is 986. The fourth-order valence-corrected chi connectivity index (χ4v) is 5.55. The monoisotopic (exact) mass is 376 g/mol. The van der Waals surface area contributed by atoms with E-state index >= 15 is 0 Å². The van der Waals surface area contributed by atoms with E-state index in [1.807, 2.05) is 0 Å². The molecule has 2 rings (SSSR count). The summed E-state index contributed by atoms with van der Waals surface area (Å²) in [6.45, 7) is 7.17. The number of hydrogen-bond acceptors (Lipinski definition) is 4. The van der Waals surface area contributed by atoms with E-state index in [-0.39, 0.29) is 20.6 Å². The van der Waals surface area contributed by atoms with E-state index in [4.69, 9.17) is 0 Å². The molecular formula is C19H20O4S2. The Morgan fingerprint density at radius 3 is 1.60 bits per heavy atom. The van der Waals surface area contributed by atoms with Gasteiger partial charge in [0.1, 0.15) is 0 Å². The van der Waals surface area contributed by atoms with Crippen molar-refractivity contribution in [3.05, 3.63) is 83.1 Å². The third-order valence-corrected chi connectivity index (χ3v) is 7.23. The highest BCUT2D eigenvalue weighted by molar-refractivity contribution is 8.00. The molecule has 0 N–H and O–H groups in total. The van der Waals surface area contributed by atoms with Crippen molar-refractivity contribution in [1.29, 1.82) is 0 Å². The first-order chi connectivity index (χ1) is 11.7. The number of hydrogen-bond donors (Lipinski definition) is 0. The van der Waals surface area contributed by atoms with Gasteiger partial charge in [0.25, 0.3) is 0 Å². The van der Waals surface area contributed by atoms with Crippen molar-refractivity contribution in [1.82, 2.24) is 0 Å². The lowest BCUT2D eigenvalue weighted by atomic mass is 10.2. The van der Waals surface area contributed by atoms with Gasteiger partial charge in [-0.2, -0.15) is 0 Å². The van der Waals surface area contributed by atoms with Crippen LogP contribution < -0.4 is 0 Å². The molecule has 0 aliphatic rings. The fraction of sp³-hybridized carbons (Fsp3) is 0.158. The molecule has 0 radical (unpaired) electrons. The largest absolute Gasteiger partial charge is 0.218 e. The average Bonchev–Trinajstić information content (AvgIpc) is 2.60. The molecule has 0 aromatic heterocycles. The molecule has 4 nitrogen and oxygen atoms in total. The first kappa shape index (κ1) is 19.1. The van der Waals surface area contributed by atoms with Gasteiger partial charge in [0.05, 0.1) is 19.6 Å². The fourth-order valence-electron chi connectivity index (χ4n) is 2.24. The lowest BCUT2D eigenvalue weighted by Gasteiger charge is -2.14. The number of rotatable bonds is 6.